The van der Waals surface area contributed by atoms with Crippen molar-refractivity contribution in [1.82, 2.24) is 5.32 Å². The first-order chi connectivity index (χ1) is 9.86. The second-order valence-electron chi connectivity index (χ2n) is 5.07. The molecule has 0 radical (unpaired) electrons. The van der Waals surface area contributed by atoms with Gasteiger partial charge in [0.15, 0.2) is 0 Å². The Morgan fingerprint density at radius 2 is 1.90 bits per heavy atom. The molecular weight excluding hydrogens is 250 g/mol. The normalized spacial score (nSPS) is 10.7. The fourth-order valence-corrected chi connectivity index (χ4v) is 2.06. The third-order valence-corrected chi connectivity index (χ3v) is 3.22. The molecule has 0 unspecified atom stereocenters. The van der Waals surface area contributed by atoms with Crippen molar-refractivity contribution in [1.29, 1.82) is 0 Å². The van der Waals surface area contributed by atoms with Gasteiger partial charge in [-0.15, -0.1) is 0 Å². The second kappa shape index (κ2) is 11.7. The summed E-state index contributed by atoms with van der Waals surface area (Å²) in [5, 5.41) is 3.43. The third kappa shape index (κ3) is 8.18. The molecule has 0 bridgehead atoms. The molecule has 0 saturated carbocycles. The highest BCUT2D eigenvalue weighted by molar-refractivity contribution is 5.27. The van der Waals surface area contributed by atoms with Gasteiger partial charge in [-0.3, -0.25) is 0 Å². The Balaban J connectivity index is 1.94. The van der Waals surface area contributed by atoms with Crippen molar-refractivity contribution in [3.8, 4) is 5.75 Å². The lowest BCUT2D eigenvalue weighted by Gasteiger charge is -2.06. The van der Waals surface area contributed by atoms with Crippen LogP contribution in [0, 0.1) is 0 Å². The molecule has 0 aliphatic heterocycles. The van der Waals surface area contributed by atoms with E-state index >= 15 is 0 Å². The van der Waals surface area contributed by atoms with Crippen LogP contribution in [0.2, 0.25) is 0 Å². The summed E-state index contributed by atoms with van der Waals surface area (Å²) in [6, 6.07) is 8.05. The van der Waals surface area contributed by atoms with E-state index in [9.17, 15) is 0 Å². The smallest absolute Gasteiger partial charge is 0.119 e. The summed E-state index contributed by atoms with van der Waals surface area (Å²) in [7, 11) is 1.69. The molecule has 3 heteroatoms. The molecule has 1 N–H and O–H groups in total. The first-order valence-electron chi connectivity index (χ1n) is 7.78. The van der Waals surface area contributed by atoms with Crippen molar-refractivity contribution in [2.75, 3.05) is 26.8 Å². The number of nitrogens with one attached hydrogen (secondary N) is 1. The average Bonchev–Trinajstić information content (AvgIpc) is 2.49. The minimum Gasteiger partial charge on any atom is -0.497 e. The minimum atomic E-state index is 0.676. The van der Waals surface area contributed by atoms with Gasteiger partial charge in [0, 0.05) is 6.61 Å². The highest BCUT2D eigenvalue weighted by Gasteiger charge is 1.96. The maximum absolute atomic E-state index is 5.69. The van der Waals surface area contributed by atoms with Crippen LogP contribution in [0.15, 0.2) is 24.3 Å². The molecule has 0 aliphatic rings. The average molecular weight is 279 g/mol. The quantitative estimate of drug-likeness (QED) is 0.591. The van der Waals surface area contributed by atoms with E-state index in [1.165, 1.54) is 31.2 Å². The monoisotopic (exact) mass is 279 g/mol. The van der Waals surface area contributed by atoms with Crippen LogP contribution in [-0.4, -0.2) is 26.8 Å². The van der Waals surface area contributed by atoms with E-state index in [2.05, 4.69) is 18.3 Å². The second-order valence-corrected chi connectivity index (χ2v) is 5.07. The first-order valence-corrected chi connectivity index (χ1v) is 7.78. The van der Waals surface area contributed by atoms with E-state index in [0.717, 1.165) is 31.9 Å². The molecule has 1 rings (SSSR count). The van der Waals surface area contributed by atoms with Gasteiger partial charge in [0.1, 0.15) is 5.75 Å². The molecule has 20 heavy (non-hydrogen) atoms. The maximum atomic E-state index is 5.69. The van der Waals surface area contributed by atoms with Crippen LogP contribution in [0.1, 0.15) is 44.6 Å². The van der Waals surface area contributed by atoms with Gasteiger partial charge in [0.25, 0.3) is 0 Å². The lowest BCUT2D eigenvalue weighted by molar-refractivity contribution is 0.116. The number of rotatable bonds is 12. The Morgan fingerprint density at radius 3 is 2.70 bits per heavy atom. The molecule has 0 saturated heterocycles. The predicted octanol–water partition coefficient (Wildman–Crippen LogP) is 3.77. The minimum absolute atomic E-state index is 0.676. The SMILES string of the molecule is CCCNCCCCCCOCc1cccc(OC)c1. The number of unbranched alkanes of at least 4 members (excludes halogenated alkanes) is 3. The Labute approximate surface area is 123 Å². The summed E-state index contributed by atoms with van der Waals surface area (Å²) >= 11 is 0. The standard InChI is InChI=1S/C17H29NO2/c1-3-11-18-12-6-4-5-7-13-20-15-16-9-8-10-17(14-16)19-2/h8-10,14,18H,3-7,11-13,15H2,1-2H3. The topological polar surface area (TPSA) is 30.5 Å². The van der Waals surface area contributed by atoms with Crippen molar-refractivity contribution >= 4 is 0 Å². The molecule has 3 nitrogen and oxygen atoms in total. The van der Waals surface area contributed by atoms with Crippen LogP contribution < -0.4 is 10.1 Å². The van der Waals surface area contributed by atoms with Crippen LogP contribution in [0.4, 0.5) is 0 Å². The zero-order valence-electron chi connectivity index (χ0n) is 13.0. The molecule has 114 valence electrons. The fourth-order valence-electron chi connectivity index (χ4n) is 2.06. The number of ether oxygens (including phenoxy) is 2. The van der Waals surface area contributed by atoms with E-state index in [1.807, 2.05) is 18.2 Å². The molecule has 1 aromatic rings. The lowest BCUT2D eigenvalue weighted by Crippen LogP contribution is -2.15. The van der Waals surface area contributed by atoms with E-state index in [0.29, 0.717) is 6.61 Å². The van der Waals surface area contributed by atoms with Crippen LogP contribution in [-0.2, 0) is 11.3 Å². The molecule has 0 heterocycles. The van der Waals surface area contributed by atoms with Gasteiger partial charge in [-0.1, -0.05) is 31.9 Å². The number of hydrogen-bond donors (Lipinski definition) is 1. The van der Waals surface area contributed by atoms with Gasteiger partial charge in [0.05, 0.1) is 13.7 Å². The van der Waals surface area contributed by atoms with Crippen molar-refractivity contribution in [3.05, 3.63) is 29.8 Å². The summed E-state index contributed by atoms with van der Waals surface area (Å²) in [6.45, 7) is 6.02. The van der Waals surface area contributed by atoms with Crippen LogP contribution in [0.3, 0.4) is 0 Å². The number of hydrogen-bond acceptors (Lipinski definition) is 3. The summed E-state index contributed by atoms with van der Waals surface area (Å²) in [4.78, 5) is 0. The van der Waals surface area contributed by atoms with Crippen molar-refractivity contribution in [2.45, 2.75) is 45.6 Å². The predicted molar refractivity (Wildman–Crippen MR) is 84.3 cm³/mol. The highest BCUT2D eigenvalue weighted by atomic mass is 16.5. The van der Waals surface area contributed by atoms with Gasteiger partial charge in [-0.2, -0.15) is 0 Å². The Hall–Kier alpha value is -1.06. The molecular formula is C17H29NO2. The van der Waals surface area contributed by atoms with Gasteiger partial charge in [-0.05, 0) is 50.0 Å². The zero-order valence-corrected chi connectivity index (χ0v) is 13.0. The first kappa shape index (κ1) is 17.0. The highest BCUT2D eigenvalue weighted by Crippen LogP contribution is 2.13. The van der Waals surface area contributed by atoms with E-state index in [1.54, 1.807) is 7.11 Å². The van der Waals surface area contributed by atoms with Crippen molar-refractivity contribution in [3.63, 3.8) is 0 Å². The molecule has 0 atom stereocenters. The maximum Gasteiger partial charge on any atom is 0.119 e. The lowest BCUT2D eigenvalue weighted by atomic mass is 10.2. The summed E-state index contributed by atoms with van der Waals surface area (Å²) in [6.07, 6.45) is 6.19. The van der Waals surface area contributed by atoms with Gasteiger partial charge >= 0.3 is 0 Å². The summed E-state index contributed by atoms with van der Waals surface area (Å²) < 4.78 is 10.9. The third-order valence-electron chi connectivity index (χ3n) is 3.22. The van der Waals surface area contributed by atoms with Crippen LogP contribution in [0.5, 0.6) is 5.75 Å². The molecule has 0 aromatic heterocycles. The fraction of sp³-hybridized carbons (Fsp3) is 0.647. The largest absolute Gasteiger partial charge is 0.497 e. The molecule has 1 aromatic carbocycles. The van der Waals surface area contributed by atoms with E-state index in [4.69, 9.17) is 9.47 Å². The van der Waals surface area contributed by atoms with Crippen molar-refractivity contribution in [2.24, 2.45) is 0 Å². The van der Waals surface area contributed by atoms with Gasteiger partial charge in [0.2, 0.25) is 0 Å². The molecule has 0 spiro atoms. The summed E-state index contributed by atoms with van der Waals surface area (Å²) in [5.74, 6) is 0.894. The summed E-state index contributed by atoms with van der Waals surface area (Å²) in [5.41, 5.74) is 1.17. The van der Waals surface area contributed by atoms with E-state index < -0.39 is 0 Å². The van der Waals surface area contributed by atoms with Crippen LogP contribution in [0.25, 0.3) is 0 Å². The molecule has 0 aliphatic carbocycles. The number of benzene rings is 1. The zero-order chi connectivity index (χ0) is 14.5. The van der Waals surface area contributed by atoms with Crippen LogP contribution >= 0.6 is 0 Å². The van der Waals surface area contributed by atoms with Gasteiger partial charge in [-0.25, -0.2) is 0 Å². The Kier molecular flexibility index (Phi) is 9.98. The van der Waals surface area contributed by atoms with E-state index in [-0.39, 0.29) is 0 Å². The van der Waals surface area contributed by atoms with Gasteiger partial charge < -0.3 is 14.8 Å². The number of methoxy groups -OCH3 is 1. The molecule has 0 fully saturated rings. The Morgan fingerprint density at radius 1 is 1.05 bits per heavy atom. The Bertz CT molecular complexity index is 342. The molecule has 0 amide bonds. The van der Waals surface area contributed by atoms with Crippen molar-refractivity contribution < 1.29 is 9.47 Å².